The van der Waals surface area contributed by atoms with Crippen molar-refractivity contribution in [3.63, 3.8) is 0 Å². The van der Waals surface area contributed by atoms with Crippen molar-refractivity contribution in [1.29, 1.82) is 0 Å². The van der Waals surface area contributed by atoms with E-state index in [1.54, 1.807) is 15.8 Å². The third kappa shape index (κ3) is 14.1. The van der Waals surface area contributed by atoms with Crippen molar-refractivity contribution in [2.45, 2.75) is 173 Å². The first kappa shape index (κ1) is 51.1. The monoisotopic (exact) mass is 1140 g/mol. The third-order valence-corrected chi connectivity index (χ3v) is 13.4. The molecule has 4 aromatic heterocycles. The van der Waals surface area contributed by atoms with Crippen LogP contribution in [0, 0.1) is 7.40 Å². The number of nitrogens with zero attached hydrogens (tertiary/aromatic N) is 10. The summed E-state index contributed by atoms with van der Waals surface area (Å²) in [7, 11) is 0. The summed E-state index contributed by atoms with van der Waals surface area (Å²) in [6, 6.07) is 0.823. The molecule has 2 unspecified atom stereocenters. The normalized spacial score (nSPS) is 27.7. The van der Waals surface area contributed by atoms with Crippen LogP contribution in [0.3, 0.4) is 0 Å². The van der Waals surface area contributed by atoms with Gasteiger partial charge in [0.2, 0.25) is 0 Å². The number of aliphatic hydroxyl groups excluding tert-OH is 3. The smallest absolute Gasteiger partial charge is 0.410 e. The average molecular weight is 1140 g/mol. The summed E-state index contributed by atoms with van der Waals surface area (Å²) in [5.74, 6) is 0.857. The first-order valence-corrected chi connectivity index (χ1v) is 25.2. The number of anilines is 1. The van der Waals surface area contributed by atoms with Gasteiger partial charge in [-0.05, 0) is 170 Å². The molecular weight excluding hydrogens is 1070 g/mol. The molecule has 0 radical (unpaired) electrons. The highest BCUT2D eigenvalue weighted by atomic mass is 127. The molecule has 9 heterocycles. The molecule has 4 aromatic rings. The molecule has 5 aliphatic rings. The van der Waals surface area contributed by atoms with Crippen LogP contribution in [0.4, 0.5) is 10.6 Å². The van der Waals surface area contributed by atoms with Gasteiger partial charge in [-0.15, -0.1) is 0 Å². The molecular formula is C43H66ClI2N11O7. The number of carbonyl (C=O) groups excluding carboxylic acids is 1. The zero-order valence-corrected chi connectivity index (χ0v) is 42.9. The molecule has 1 amide bonds. The van der Waals surface area contributed by atoms with Gasteiger partial charge in [0.1, 0.15) is 27.6 Å². The van der Waals surface area contributed by atoms with Gasteiger partial charge in [-0.1, -0.05) is 11.6 Å². The second-order valence-corrected chi connectivity index (χ2v) is 20.8. The minimum atomic E-state index is -0.452. The number of carbonyl (C=O) groups is 1. The predicted molar refractivity (Wildman–Crippen MR) is 261 cm³/mol. The third-order valence-electron chi connectivity index (χ3n) is 11.8. The van der Waals surface area contributed by atoms with E-state index in [1.807, 2.05) is 38.6 Å². The van der Waals surface area contributed by atoms with Crippen LogP contribution in [-0.2, 0) is 14.2 Å². The maximum absolute atomic E-state index is 11.8. The van der Waals surface area contributed by atoms with Gasteiger partial charge in [-0.2, -0.15) is 10.2 Å². The molecule has 0 spiro atoms. The topological polar surface area (TPSA) is 211 Å². The van der Waals surface area contributed by atoms with Crippen molar-refractivity contribution >= 4 is 91.0 Å². The number of fused-ring (bicyclic) bond motifs is 2. The van der Waals surface area contributed by atoms with Gasteiger partial charge in [0.15, 0.2) is 31.2 Å². The zero-order chi connectivity index (χ0) is 46.1. The van der Waals surface area contributed by atoms with Crippen LogP contribution < -0.4 is 10.2 Å². The summed E-state index contributed by atoms with van der Waals surface area (Å²) in [5, 5.41) is 41.0. The van der Waals surface area contributed by atoms with Gasteiger partial charge in [-0.3, -0.25) is 0 Å². The van der Waals surface area contributed by atoms with Crippen LogP contribution in [0.1, 0.15) is 131 Å². The lowest BCUT2D eigenvalue weighted by Gasteiger charge is -2.36. The van der Waals surface area contributed by atoms with E-state index in [2.05, 4.69) is 94.4 Å². The number of nitrogens with one attached hydrogen (secondary N) is 1. The Balaban J connectivity index is 0.000000151. The highest BCUT2D eigenvalue weighted by Crippen LogP contribution is 2.31. The van der Waals surface area contributed by atoms with Crippen LogP contribution in [0.15, 0.2) is 12.4 Å². The fourth-order valence-electron chi connectivity index (χ4n) is 8.42. The second kappa shape index (κ2) is 23.6. The fourth-order valence-corrected chi connectivity index (χ4v) is 9.78. The molecule has 0 aromatic carbocycles. The number of aromatic nitrogens is 8. The summed E-state index contributed by atoms with van der Waals surface area (Å²) in [5.41, 5.74) is 2.66. The molecule has 356 valence electrons. The Hall–Kier alpha value is -2.32. The van der Waals surface area contributed by atoms with Crippen molar-refractivity contribution in [2.24, 2.45) is 0 Å². The molecule has 64 heavy (non-hydrogen) atoms. The molecule has 18 nitrogen and oxygen atoms in total. The van der Waals surface area contributed by atoms with Crippen LogP contribution in [0.25, 0.3) is 22.3 Å². The number of piperidine rings is 3. The van der Waals surface area contributed by atoms with Gasteiger partial charge < -0.3 is 44.6 Å². The van der Waals surface area contributed by atoms with E-state index in [4.69, 9.17) is 35.9 Å². The van der Waals surface area contributed by atoms with E-state index in [-0.39, 0.29) is 48.9 Å². The summed E-state index contributed by atoms with van der Waals surface area (Å²) in [6.07, 6.45) is 13.6. The van der Waals surface area contributed by atoms with Crippen LogP contribution in [0.2, 0.25) is 5.15 Å². The number of amides is 1. The van der Waals surface area contributed by atoms with Crippen molar-refractivity contribution in [2.75, 3.05) is 37.7 Å². The van der Waals surface area contributed by atoms with Gasteiger partial charge in [0.25, 0.3) is 0 Å². The lowest BCUT2D eigenvalue weighted by molar-refractivity contribution is -0.0373. The van der Waals surface area contributed by atoms with Gasteiger partial charge in [0.05, 0.1) is 30.7 Å². The number of aliphatic hydroxyl groups is 3. The quantitative estimate of drug-likeness (QED) is 0.150. The molecule has 8 atom stereocenters. The zero-order valence-electron chi connectivity index (χ0n) is 37.9. The molecule has 0 aliphatic carbocycles. The van der Waals surface area contributed by atoms with Gasteiger partial charge in [-0.25, -0.2) is 34.1 Å². The Morgan fingerprint density at radius 1 is 0.766 bits per heavy atom. The Morgan fingerprint density at radius 2 is 1.31 bits per heavy atom. The first-order valence-electron chi connectivity index (χ1n) is 22.7. The summed E-state index contributed by atoms with van der Waals surface area (Å²) in [6.45, 7) is 15.6. The molecule has 5 aliphatic heterocycles. The van der Waals surface area contributed by atoms with E-state index in [0.29, 0.717) is 36.2 Å². The number of rotatable bonds is 3. The summed E-state index contributed by atoms with van der Waals surface area (Å²) >= 11 is 10.2. The molecule has 0 bridgehead atoms. The summed E-state index contributed by atoms with van der Waals surface area (Å²) in [4.78, 5) is 33.7. The number of halogens is 3. The van der Waals surface area contributed by atoms with E-state index in [9.17, 15) is 15.0 Å². The number of hydrogen-bond donors (Lipinski definition) is 4. The molecule has 21 heteroatoms. The maximum Gasteiger partial charge on any atom is 0.410 e. The number of likely N-dealkylation sites (tertiary alicyclic amines) is 1. The largest absolute Gasteiger partial charge is 0.444 e. The lowest BCUT2D eigenvalue weighted by atomic mass is 10.0. The summed E-state index contributed by atoms with van der Waals surface area (Å²) < 4.78 is 22.3. The SMILES string of the molecule is C[C@@H]1C[C@H](O)CCN1.C[C@@H]1C[C@H](O)CCN1C(=O)OC(C)(C)C.C[C@@H]1C[C@H](O)CCN1c1cnc2c(I)nn(C3CCCCO3)c2n1.Clc1cnc2c(I)nn(C3CCCCO3)c2n1. The molecule has 9 rings (SSSR count). The number of ether oxygens (including phenoxy) is 3. The van der Waals surface area contributed by atoms with Crippen molar-refractivity contribution in [1.82, 2.24) is 49.7 Å². The van der Waals surface area contributed by atoms with Crippen molar-refractivity contribution in [3.8, 4) is 0 Å². The van der Waals surface area contributed by atoms with E-state index in [0.717, 1.165) is 120 Å². The van der Waals surface area contributed by atoms with Gasteiger partial charge in [0, 0.05) is 44.4 Å². The standard InChI is InChI=1S/C16H22IN5O2.C11H21NO3.C10H10ClIN4O.C6H13NO/c1-10-8-11(23)5-6-21(10)12-9-18-14-15(17)20-22(16(14)19-12)13-4-2-3-7-24-13;1-8-7-9(13)5-6-12(8)10(14)15-11(2,3)4;11-6-5-13-8-9(12)15-16(10(8)14-6)7-3-1-2-4-17-7;1-5-4-6(8)2-3-7-5/h9-11,13,23H,2-8H2,1H3;8-9,13H,5-7H2,1-4H3;5,7H,1-4H2;5-8H,2-4H2,1H3/t10-,11-,13?;8-,9-;;5-,6-/m11.1/s1. The Morgan fingerprint density at radius 3 is 1.81 bits per heavy atom. The Labute approximate surface area is 408 Å². The van der Waals surface area contributed by atoms with Crippen LogP contribution >= 0.6 is 56.8 Å². The highest BCUT2D eigenvalue weighted by Gasteiger charge is 2.31. The molecule has 5 fully saturated rings. The minimum Gasteiger partial charge on any atom is -0.444 e. The van der Waals surface area contributed by atoms with Gasteiger partial charge >= 0.3 is 6.09 Å². The molecule has 5 saturated heterocycles. The molecule has 0 saturated carbocycles. The predicted octanol–water partition coefficient (Wildman–Crippen LogP) is 7.15. The lowest BCUT2D eigenvalue weighted by Crippen LogP contribution is -2.47. The van der Waals surface area contributed by atoms with Crippen LogP contribution in [0.5, 0.6) is 0 Å². The van der Waals surface area contributed by atoms with E-state index in [1.165, 1.54) is 0 Å². The second-order valence-electron chi connectivity index (χ2n) is 18.3. The Bertz CT molecular complexity index is 2110. The van der Waals surface area contributed by atoms with Crippen LogP contribution in [-0.4, -0.2) is 141 Å². The average Bonchev–Trinajstić information content (AvgIpc) is 3.76. The number of hydrogen-bond acceptors (Lipinski definition) is 15. The van der Waals surface area contributed by atoms with Crippen molar-refractivity contribution < 1.29 is 34.3 Å². The van der Waals surface area contributed by atoms with E-state index < -0.39 is 5.60 Å². The molecule has 4 N–H and O–H groups in total. The minimum absolute atomic E-state index is 0.0393. The highest BCUT2D eigenvalue weighted by molar-refractivity contribution is 14.1. The van der Waals surface area contributed by atoms with Crippen molar-refractivity contribution in [3.05, 3.63) is 24.9 Å². The fraction of sp³-hybridized carbons (Fsp3) is 0.744. The maximum atomic E-state index is 11.8. The van der Waals surface area contributed by atoms with E-state index >= 15 is 0 Å². The Kier molecular flexibility index (Phi) is 18.8. The first-order chi connectivity index (χ1) is 30.5.